The third-order valence-electron chi connectivity index (χ3n) is 3.30. The van der Waals surface area contributed by atoms with Gasteiger partial charge < -0.3 is 5.32 Å². The summed E-state index contributed by atoms with van der Waals surface area (Å²) in [6, 6.07) is 16.0. The second kappa shape index (κ2) is 6.23. The predicted molar refractivity (Wildman–Crippen MR) is 87.8 cm³/mol. The van der Waals surface area contributed by atoms with E-state index in [0.29, 0.717) is 16.8 Å². The third kappa shape index (κ3) is 3.32. The van der Waals surface area contributed by atoms with Gasteiger partial charge in [-0.3, -0.25) is 14.6 Å². The van der Waals surface area contributed by atoms with Crippen molar-refractivity contribution in [1.29, 1.82) is 0 Å². The van der Waals surface area contributed by atoms with Crippen LogP contribution in [0.15, 0.2) is 59.4 Å². The van der Waals surface area contributed by atoms with Crippen molar-refractivity contribution in [2.75, 3.05) is 5.32 Å². The highest BCUT2D eigenvalue weighted by Crippen LogP contribution is 2.15. The lowest BCUT2D eigenvalue weighted by molar-refractivity contribution is 0.101. The fraction of sp³-hybridized carbons (Fsp3) is 0.0588. The summed E-state index contributed by atoms with van der Waals surface area (Å²) < 4.78 is 0. The first kappa shape index (κ1) is 14.6. The Bertz CT molecular complexity index is 886. The van der Waals surface area contributed by atoms with E-state index in [-0.39, 0.29) is 23.0 Å². The van der Waals surface area contributed by atoms with E-state index < -0.39 is 0 Å². The minimum Gasteiger partial charge on any atom is -0.324 e. The fourth-order valence-electron chi connectivity index (χ4n) is 2.10. The van der Waals surface area contributed by atoms with Crippen LogP contribution < -0.4 is 10.9 Å². The number of hydrogen-bond donors (Lipinski definition) is 2. The van der Waals surface area contributed by atoms with E-state index >= 15 is 0 Å². The summed E-state index contributed by atoms with van der Waals surface area (Å²) in [5.74, 6) is 0.238. The lowest BCUT2D eigenvalue weighted by Crippen LogP contribution is -2.15. The zero-order chi connectivity index (χ0) is 16.2. The monoisotopic (exact) mass is 306 g/mol. The summed E-state index contributed by atoms with van der Waals surface area (Å²) in [6.45, 7) is 1.51. The number of aromatic nitrogens is 3. The molecule has 1 aromatic heterocycles. The van der Waals surface area contributed by atoms with Gasteiger partial charge in [0, 0.05) is 16.8 Å². The molecule has 3 rings (SSSR count). The number of ketones is 1. The van der Waals surface area contributed by atoms with Crippen LogP contribution in [0.3, 0.4) is 0 Å². The first-order valence-corrected chi connectivity index (χ1v) is 7.04. The number of anilines is 2. The summed E-state index contributed by atoms with van der Waals surface area (Å²) >= 11 is 0. The maximum atomic E-state index is 12.1. The molecule has 0 saturated carbocycles. The van der Waals surface area contributed by atoms with Crippen LogP contribution in [-0.4, -0.2) is 21.0 Å². The van der Waals surface area contributed by atoms with Gasteiger partial charge in [-0.2, -0.15) is 0 Å². The Morgan fingerprint density at radius 2 is 1.70 bits per heavy atom. The molecule has 1 heterocycles. The van der Waals surface area contributed by atoms with Crippen molar-refractivity contribution in [2.24, 2.45) is 0 Å². The van der Waals surface area contributed by atoms with Gasteiger partial charge in [-0.05, 0) is 31.2 Å². The van der Waals surface area contributed by atoms with Gasteiger partial charge in [0.1, 0.15) is 0 Å². The molecule has 2 aromatic carbocycles. The first-order chi connectivity index (χ1) is 11.1. The molecule has 0 aliphatic carbocycles. The van der Waals surface area contributed by atoms with Crippen LogP contribution >= 0.6 is 0 Å². The molecule has 0 bridgehead atoms. The van der Waals surface area contributed by atoms with Gasteiger partial charge in [0.25, 0.3) is 5.56 Å². The molecule has 6 nitrogen and oxygen atoms in total. The fourth-order valence-corrected chi connectivity index (χ4v) is 2.10. The number of Topliss-reactive ketones (excluding diaryl/α,β-unsaturated/α-hetero) is 1. The van der Waals surface area contributed by atoms with E-state index in [4.69, 9.17) is 0 Å². The lowest BCUT2D eigenvalue weighted by atomic mass is 10.1. The second-order valence-electron chi connectivity index (χ2n) is 4.98. The van der Waals surface area contributed by atoms with Gasteiger partial charge in [0.15, 0.2) is 11.5 Å². The Balaban J connectivity index is 1.83. The third-order valence-corrected chi connectivity index (χ3v) is 3.30. The van der Waals surface area contributed by atoms with E-state index in [1.807, 2.05) is 18.2 Å². The van der Waals surface area contributed by atoms with Crippen molar-refractivity contribution in [3.8, 4) is 11.3 Å². The number of nitrogens with zero attached hydrogens (tertiary/aromatic N) is 2. The van der Waals surface area contributed by atoms with Crippen LogP contribution in [0.1, 0.15) is 17.3 Å². The molecular formula is C17H14N4O2. The summed E-state index contributed by atoms with van der Waals surface area (Å²) in [7, 11) is 0. The zero-order valence-electron chi connectivity index (χ0n) is 12.4. The molecule has 6 heteroatoms. The summed E-state index contributed by atoms with van der Waals surface area (Å²) in [5.41, 5.74) is 1.97. The Hall–Kier alpha value is -3.28. The normalized spacial score (nSPS) is 10.3. The molecule has 2 N–H and O–H groups in total. The van der Waals surface area contributed by atoms with Crippen LogP contribution in [0.4, 0.5) is 11.6 Å². The lowest BCUT2D eigenvalue weighted by Gasteiger charge is -2.06. The number of H-pyrrole nitrogens is 1. The Morgan fingerprint density at radius 3 is 2.30 bits per heavy atom. The SMILES string of the molecule is CC(=O)c1ccc(Nc2nnc(-c3ccccc3)c(=O)[nH]2)cc1. The largest absolute Gasteiger partial charge is 0.324 e. The van der Waals surface area contributed by atoms with Crippen molar-refractivity contribution in [3.05, 3.63) is 70.5 Å². The quantitative estimate of drug-likeness (QED) is 0.724. The summed E-state index contributed by atoms with van der Waals surface area (Å²) in [6.07, 6.45) is 0. The van der Waals surface area contributed by atoms with Gasteiger partial charge in [-0.25, -0.2) is 0 Å². The Kier molecular flexibility index (Phi) is 3.97. The average Bonchev–Trinajstić information content (AvgIpc) is 2.56. The minimum absolute atomic E-state index is 0.00281. The molecule has 0 amide bonds. The predicted octanol–water partition coefficient (Wildman–Crippen LogP) is 2.78. The standard InChI is InChI=1S/C17H14N4O2/c1-11(22)12-7-9-14(10-8-12)18-17-19-16(23)15(20-21-17)13-5-3-2-4-6-13/h2-10H,1H3,(H2,18,19,21,23). The van der Waals surface area contributed by atoms with Gasteiger partial charge in [-0.15, -0.1) is 10.2 Å². The van der Waals surface area contributed by atoms with Crippen LogP contribution in [0.25, 0.3) is 11.3 Å². The van der Waals surface area contributed by atoms with E-state index in [2.05, 4.69) is 20.5 Å². The van der Waals surface area contributed by atoms with E-state index in [1.165, 1.54) is 6.92 Å². The average molecular weight is 306 g/mol. The molecule has 3 aromatic rings. The van der Waals surface area contributed by atoms with Gasteiger partial charge in [0.05, 0.1) is 0 Å². The van der Waals surface area contributed by atoms with Crippen molar-refractivity contribution >= 4 is 17.4 Å². The van der Waals surface area contributed by atoms with E-state index in [1.54, 1.807) is 36.4 Å². The molecule has 0 radical (unpaired) electrons. The molecule has 114 valence electrons. The van der Waals surface area contributed by atoms with Gasteiger partial charge in [-0.1, -0.05) is 30.3 Å². The summed E-state index contributed by atoms with van der Waals surface area (Å²) in [4.78, 5) is 26.0. The molecule has 0 saturated heterocycles. The topological polar surface area (TPSA) is 87.7 Å². The van der Waals surface area contributed by atoms with Crippen molar-refractivity contribution in [3.63, 3.8) is 0 Å². The van der Waals surface area contributed by atoms with Gasteiger partial charge >= 0.3 is 0 Å². The highest BCUT2D eigenvalue weighted by atomic mass is 16.1. The number of nitrogens with one attached hydrogen (secondary N) is 2. The van der Waals surface area contributed by atoms with E-state index in [9.17, 15) is 9.59 Å². The van der Waals surface area contributed by atoms with Crippen LogP contribution in [0.2, 0.25) is 0 Å². The molecular weight excluding hydrogens is 292 g/mol. The Labute approximate surface area is 132 Å². The molecule has 0 unspecified atom stereocenters. The molecule has 0 fully saturated rings. The number of benzene rings is 2. The zero-order valence-corrected chi connectivity index (χ0v) is 12.4. The highest BCUT2D eigenvalue weighted by Gasteiger charge is 2.07. The molecule has 23 heavy (non-hydrogen) atoms. The van der Waals surface area contributed by atoms with Crippen LogP contribution in [0.5, 0.6) is 0 Å². The second-order valence-corrected chi connectivity index (χ2v) is 4.98. The Morgan fingerprint density at radius 1 is 1.00 bits per heavy atom. The van der Waals surface area contributed by atoms with Crippen LogP contribution in [0, 0.1) is 0 Å². The number of carbonyl (C=O) groups excluding carboxylic acids is 1. The number of hydrogen-bond acceptors (Lipinski definition) is 5. The van der Waals surface area contributed by atoms with Crippen molar-refractivity contribution in [2.45, 2.75) is 6.92 Å². The van der Waals surface area contributed by atoms with E-state index in [0.717, 1.165) is 0 Å². The van der Waals surface area contributed by atoms with Crippen molar-refractivity contribution < 1.29 is 4.79 Å². The summed E-state index contributed by atoms with van der Waals surface area (Å²) in [5, 5.41) is 10.9. The molecule has 0 aliphatic rings. The molecule has 0 atom stereocenters. The molecule has 0 aliphatic heterocycles. The highest BCUT2D eigenvalue weighted by molar-refractivity contribution is 5.94. The van der Waals surface area contributed by atoms with Crippen LogP contribution in [-0.2, 0) is 0 Å². The molecule has 0 spiro atoms. The number of rotatable bonds is 4. The minimum atomic E-state index is -0.325. The number of aromatic amines is 1. The maximum Gasteiger partial charge on any atom is 0.279 e. The number of carbonyl (C=O) groups is 1. The smallest absolute Gasteiger partial charge is 0.279 e. The maximum absolute atomic E-state index is 12.1. The first-order valence-electron chi connectivity index (χ1n) is 7.04. The van der Waals surface area contributed by atoms with Gasteiger partial charge in [0.2, 0.25) is 5.95 Å². The van der Waals surface area contributed by atoms with Crippen molar-refractivity contribution in [1.82, 2.24) is 15.2 Å².